The number of rotatable bonds is 4. The first-order valence-corrected chi connectivity index (χ1v) is 7.47. The normalized spacial score (nSPS) is 13.5. The van der Waals surface area contributed by atoms with E-state index in [1.165, 1.54) is 16.7 Å². The van der Waals surface area contributed by atoms with Crippen LogP contribution in [0.5, 0.6) is 0 Å². The molecule has 1 heterocycles. The topological polar surface area (TPSA) is 41.1 Å². The fraction of sp³-hybridized carbons (Fsp3) is 0.278. The monoisotopic (exact) mass is 280 g/mol. The zero-order chi connectivity index (χ0) is 14.5. The van der Waals surface area contributed by atoms with E-state index in [0.29, 0.717) is 6.42 Å². The quantitative estimate of drug-likeness (QED) is 0.904. The summed E-state index contributed by atoms with van der Waals surface area (Å²) in [6, 6.07) is 16.3. The van der Waals surface area contributed by atoms with Crippen molar-refractivity contribution >= 4 is 11.6 Å². The molecule has 0 radical (unpaired) electrons. The van der Waals surface area contributed by atoms with Crippen molar-refractivity contribution in [2.75, 3.05) is 11.9 Å². The zero-order valence-corrected chi connectivity index (χ0v) is 12.1. The third-order valence-electron chi connectivity index (χ3n) is 3.86. The summed E-state index contributed by atoms with van der Waals surface area (Å²) in [6.45, 7) is 1.93. The maximum Gasteiger partial charge on any atom is 0.224 e. The Labute approximate surface area is 125 Å². The highest BCUT2D eigenvalue weighted by atomic mass is 16.1. The van der Waals surface area contributed by atoms with Crippen LogP contribution in [0.4, 0.5) is 5.69 Å². The fourth-order valence-corrected chi connectivity index (χ4v) is 2.68. The lowest BCUT2D eigenvalue weighted by Gasteiger charge is -2.18. The number of amides is 1. The van der Waals surface area contributed by atoms with Crippen LogP contribution in [0, 0.1) is 0 Å². The molecule has 3 rings (SSSR count). The van der Waals surface area contributed by atoms with Crippen LogP contribution in [0.2, 0.25) is 0 Å². The Morgan fingerprint density at radius 1 is 1.10 bits per heavy atom. The van der Waals surface area contributed by atoms with Crippen LogP contribution in [-0.4, -0.2) is 12.5 Å². The first kappa shape index (κ1) is 13.8. The van der Waals surface area contributed by atoms with Gasteiger partial charge in [0.2, 0.25) is 5.91 Å². The van der Waals surface area contributed by atoms with Crippen molar-refractivity contribution in [1.29, 1.82) is 0 Å². The summed E-state index contributed by atoms with van der Waals surface area (Å²) in [5, 5.41) is 6.35. The summed E-state index contributed by atoms with van der Waals surface area (Å²) in [5.74, 6) is 0.0718. The minimum Gasteiger partial charge on any atom is -0.326 e. The molecule has 0 saturated heterocycles. The van der Waals surface area contributed by atoms with Gasteiger partial charge in [0, 0.05) is 18.7 Å². The average Bonchev–Trinajstić information content (AvgIpc) is 2.54. The number of anilines is 1. The molecule has 1 aliphatic heterocycles. The number of benzene rings is 2. The van der Waals surface area contributed by atoms with Crippen molar-refractivity contribution in [3.63, 3.8) is 0 Å². The predicted octanol–water partition coefficient (Wildman–Crippen LogP) is 2.90. The van der Waals surface area contributed by atoms with Crippen molar-refractivity contribution in [1.82, 2.24) is 5.32 Å². The second-order valence-electron chi connectivity index (χ2n) is 5.44. The van der Waals surface area contributed by atoms with Gasteiger partial charge in [-0.25, -0.2) is 0 Å². The number of aryl methyl sites for hydroxylation is 1. The Hall–Kier alpha value is -2.13. The smallest absolute Gasteiger partial charge is 0.224 e. The summed E-state index contributed by atoms with van der Waals surface area (Å²) in [4.78, 5) is 12.0. The average molecular weight is 280 g/mol. The summed E-state index contributed by atoms with van der Waals surface area (Å²) in [6.07, 6.45) is 2.36. The van der Waals surface area contributed by atoms with Gasteiger partial charge in [-0.3, -0.25) is 4.79 Å². The third-order valence-corrected chi connectivity index (χ3v) is 3.86. The first-order chi connectivity index (χ1) is 10.3. The molecule has 108 valence electrons. The van der Waals surface area contributed by atoms with E-state index in [2.05, 4.69) is 34.9 Å². The van der Waals surface area contributed by atoms with Gasteiger partial charge in [-0.1, -0.05) is 36.4 Å². The Kier molecular flexibility index (Phi) is 4.31. The summed E-state index contributed by atoms with van der Waals surface area (Å²) in [5.41, 5.74) is 4.77. The van der Waals surface area contributed by atoms with Gasteiger partial charge in [0.05, 0.1) is 0 Å². The lowest BCUT2D eigenvalue weighted by Crippen LogP contribution is -2.23. The third kappa shape index (κ3) is 3.70. The Balaban J connectivity index is 1.57. The van der Waals surface area contributed by atoms with Gasteiger partial charge < -0.3 is 10.6 Å². The van der Waals surface area contributed by atoms with E-state index < -0.39 is 0 Å². The van der Waals surface area contributed by atoms with Gasteiger partial charge in [0.15, 0.2) is 0 Å². The van der Waals surface area contributed by atoms with E-state index in [-0.39, 0.29) is 5.91 Å². The highest BCUT2D eigenvalue weighted by Gasteiger charge is 2.10. The van der Waals surface area contributed by atoms with E-state index in [0.717, 1.165) is 31.6 Å². The van der Waals surface area contributed by atoms with Crippen LogP contribution in [-0.2, 0) is 24.2 Å². The highest BCUT2D eigenvalue weighted by Crippen LogP contribution is 2.19. The summed E-state index contributed by atoms with van der Waals surface area (Å²) in [7, 11) is 0. The SMILES string of the molecule is O=C(CCc1ccccc1)Nc1ccc2c(c1)CNCC2. The van der Waals surface area contributed by atoms with Gasteiger partial charge in [0.1, 0.15) is 0 Å². The molecular formula is C18H20N2O. The molecule has 0 saturated carbocycles. The summed E-state index contributed by atoms with van der Waals surface area (Å²) < 4.78 is 0. The number of hydrogen-bond acceptors (Lipinski definition) is 2. The van der Waals surface area contributed by atoms with E-state index >= 15 is 0 Å². The molecule has 21 heavy (non-hydrogen) atoms. The molecule has 3 nitrogen and oxygen atoms in total. The molecule has 0 aliphatic carbocycles. The number of carbonyl (C=O) groups is 1. The van der Waals surface area contributed by atoms with Crippen molar-refractivity contribution in [3.8, 4) is 0 Å². The number of hydrogen-bond donors (Lipinski definition) is 2. The van der Waals surface area contributed by atoms with E-state index in [1.807, 2.05) is 24.3 Å². The Morgan fingerprint density at radius 3 is 2.81 bits per heavy atom. The molecule has 0 fully saturated rings. The Bertz CT molecular complexity index is 622. The molecule has 2 N–H and O–H groups in total. The van der Waals surface area contributed by atoms with E-state index in [9.17, 15) is 4.79 Å². The predicted molar refractivity (Wildman–Crippen MR) is 85.2 cm³/mol. The molecule has 0 bridgehead atoms. The van der Waals surface area contributed by atoms with Crippen molar-refractivity contribution in [2.24, 2.45) is 0 Å². The maximum absolute atomic E-state index is 12.0. The first-order valence-electron chi connectivity index (χ1n) is 7.47. The molecule has 3 heteroatoms. The second kappa shape index (κ2) is 6.55. The van der Waals surface area contributed by atoms with Gasteiger partial charge in [0.25, 0.3) is 0 Å². The van der Waals surface area contributed by atoms with Crippen molar-refractivity contribution < 1.29 is 4.79 Å². The van der Waals surface area contributed by atoms with Crippen LogP contribution in [0.3, 0.4) is 0 Å². The maximum atomic E-state index is 12.0. The lowest BCUT2D eigenvalue weighted by molar-refractivity contribution is -0.116. The molecule has 2 aromatic rings. The molecule has 0 atom stereocenters. The van der Waals surface area contributed by atoms with Crippen LogP contribution < -0.4 is 10.6 Å². The number of carbonyl (C=O) groups excluding carboxylic acids is 1. The summed E-state index contributed by atoms with van der Waals surface area (Å²) >= 11 is 0. The molecule has 2 aromatic carbocycles. The van der Waals surface area contributed by atoms with Crippen LogP contribution in [0.1, 0.15) is 23.1 Å². The molecular weight excluding hydrogens is 260 g/mol. The largest absolute Gasteiger partial charge is 0.326 e. The Morgan fingerprint density at radius 2 is 1.95 bits per heavy atom. The van der Waals surface area contributed by atoms with Crippen molar-refractivity contribution in [3.05, 3.63) is 65.2 Å². The van der Waals surface area contributed by atoms with Gasteiger partial charge in [-0.15, -0.1) is 0 Å². The molecule has 0 aromatic heterocycles. The standard InChI is InChI=1S/C18H20N2O/c21-18(9-6-14-4-2-1-3-5-14)20-17-8-7-15-10-11-19-13-16(15)12-17/h1-5,7-8,12,19H,6,9-11,13H2,(H,20,21). The second-order valence-corrected chi connectivity index (χ2v) is 5.44. The van der Waals surface area contributed by atoms with E-state index in [1.54, 1.807) is 0 Å². The minimum absolute atomic E-state index is 0.0718. The minimum atomic E-state index is 0.0718. The molecule has 0 spiro atoms. The van der Waals surface area contributed by atoms with Crippen LogP contribution in [0.15, 0.2) is 48.5 Å². The van der Waals surface area contributed by atoms with Gasteiger partial charge in [-0.05, 0) is 48.2 Å². The van der Waals surface area contributed by atoms with Crippen LogP contribution >= 0.6 is 0 Å². The molecule has 1 amide bonds. The lowest BCUT2D eigenvalue weighted by atomic mass is 10.0. The van der Waals surface area contributed by atoms with Gasteiger partial charge >= 0.3 is 0 Å². The highest BCUT2D eigenvalue weighted by molar-refractivity contribution is 5.91. The number of nitrogens with one attached hydrogen (secondary N) is 2. The van der Waals surface area contributed by atoms with Crippen molar-refractivity contribution in [2.45, 2.75) is 25.8 Å². The van der Waals surface area contributed by atoms with E-state index in [4.69, 9.17) is 0 Å². The van der Waals surface area contributed by atoms with Crippen LogP contribution in [0.25, 0.3) is 0 Å². The zero-order valence-electron chi connectivity index (χ0n) is 12.1. The number of fused-ring (bicyclic) bond motifs is 1. The van der Waals surface area contributed by atoms with Gasteiger partial charge in [-0.2, -0.15) is 0 Å². The molecule has 1 aliphatic rings. The molecule has 0 unspecified atom stereocenters. The fourth-order valence-electron chi connectivity index (χ4n) is 2.68.